The zero-order valence-electron chi connectivity index (χ0n) is 11.2. The first kappa shape index (κ1) is 14.9. The number of anilines is 2. The van der Waals surface area contributed by atoms with Crippen molar-refractivity contribution in [3.05, 3.63) is 52.0 Å². The van der Waals surface area contributed by atoms with Crippen LogP contribution in [0.1, 0.15) is 15.9 Å². The highest BCUT2D eigenvalue weighted by Gasteiger charge is 2.11. The molecule has 0 radical (unpaired) electrons. The Morgan fingerprint density at radius 1 is 1.33 bits per heavy atom. The van der Waals surface area contributed by atoms with Crippen molar-refractivity contribution in [1.29, 1.82) is 5.26 Å². The molecule has 2 aromatic rings. The number of nitriles is 1. The quantitative estimate of drug-likeness (QED) is 0.836. The van der Waals surface area contributed by atoms with Crippen molar-refractivity contribution in [1.82, 2.24) is 0 Å². The van der Waals surface area contributed by atoms with E-state index in [9.17, 15) is 4.79 Å². The van der Waals surface area contributed by atoms with Gasteiger partial charge in [0, 0.05) is 5.56 Å². The molecule has 5 nitrogen and oxygen atoms in total. The number of methoxy groups -OCH3 is 1. The monoisotopic (exact) mass is 345 g/mol. The Labute approximate surface area is 130 Å². The molecule has 0 saturated heterocycles. The van der Waals surface area contributed by atoms with Crippen LogP contribution in [0.5, 0.6) is 5.75 Å². The topological polar surface area (TPSA) is 88.1 Å². The smallest absolute Gasteiger partial charge is 0.255 e. The van der Waals surface area contributed by atoms with Crippen molar-refractivity contribution in [2.75, 3.05) is 18.2 Å². The Morgan fingerprint density at radius 2 is 2.10 bits per heavy atom. The minimum atomic E-state index is -0.297. The van der Waals surface area contributed by atoms with Crippen molar-refractivity contribution in [2.45, 2.75) is 0 Å². The fourth-order valence-corrected chi connectivity index (χ4v) is 2.29. The maximum atomic E-state index is 12.2. The maximum absolute atomic E-state index is 12.2. The third kappa shape index (κ3) is 3.33. The van der Waals surface area contributed by atoms with Gasteiger partial charge in [-0.25, -0.2) is 0 Å². The zero-order chi connectivity index (χ0) is 15.4. The summed E-state index contributed by atoms with van der Waals surface area (Å²) in [6.45, 7) is 0. The second-order valence-electron chi connectivity index (χ2n) is 4.22. The summed E-state index contributed by atoms with van der Waals surface area (Å²) in [6.07, 6.45) is 0. The minimum absolute atomic E-state index is 0.297. The number of carbonyl (C=O) groups excluding carboxylic acids is 1. The molecule has 0 saturated carbocycles. The van der Waals surface area contributed by atoms with E-state index in [0.717, 1.165) is 0 Å². The van der Waals surface area contributed by atoms with Crippen LogP contribution in [0.3, 0.4) is 0 Å². The Kier molecular flexibility index (Phi) is 4.45. The van der Waals surface area contributed by atoms with Gasteiger partial charge in [0.2, 0.25) is 0 Å². The van der Waals surface area contributed by atoms with Crippen LogP contribution in [-0.2, 0) is 0 Å². The van der Waals surface area contributed by atoms with E-state index in [1.165, 1.54) is 6.07 Å². The summed E-state index contributed by atoms with van der Waals surface area (Å²) >= 11 is 3.33. The largest absolute Gasteiger partial charge is 0.496 e. The number of carbonyl (C=O) groups is 1. The van der Waals surface area contributed by atoms with E-state index in [4.69, 9.17) is 15.7 Å². The van der Waals surface area contributed by atoms with Crippen LogP contribution in [0.15, 0.2) is 40.9 Å². The van der Waals surface area contributed by atoms with Crippen LogP contribution < -0.4 is 15.8 Å². The third-order valence-corrected chi connectivity index (χ3v) is 3.46. The molecule has 0 bridgehead atoms. The van der Waals surface area contributed by atoms with Gasteiger partial charge in [-0.3, -0.25) is 4.79 Å². The van der Waals surface area contributed by atoms with Crippen LogP contribution in [0, 0.1) is 11.3 Å². The average Bonchev–Trinajstić information content (AvgIpc) is 2.49. The molecule has 21 heavy (non-hydrogen) atoms. The summed E-state index contributed by atoms with van der Waals surface area (Å²) in [5.74, 6) is 0.346. The van der Waals surface area contributed by atoms with Crippen LogP contribution in [0.4, 0.5) is 11.4 Å². The molecule has 2 rings (SSSR count). The highest BCUT2D eigenvalue weighted by Crippen LogP contribution is 2.26. The van der Waals surface area contributed by atoms with Crippen molar-refractivity contribution in [3.63, 3.8) is 0 Å². The molecular weight excluding hydrogens is 334 g/mol. The second-order valence-corrected chi connectivity index (χ2v) is 5.07. The second kappa shape index (κ2) is 6.29. The number of hydrogen-bond acceptors (Lipinski definition) is 4. The zero-order valence-corrected chi connectivity index (χ0v) is 12.8. The summed E-state index contributed by atoms with van der Waals surface area (Å²) in [4.78, 5) is 12.2. The van der Waals surface area contributed by atoms with Gasteiger partial charge >= 0.3 is 0 Å². The van der Waals surface area contributed by atoms with E-state index in [0.29, 0.717) is 32.7 Å². The van der Waals surface area contributed by atoms with Gasteiger partial charge in [0.15, 0.2) is 0 Å². The van der Waals surface area contributed by atoms with Gasteiger partial charge in [0.25, 0.3) is 5.91 Å². The maximum Gasteiger partial charge on any atom is 0.255 e. The van der Waals surface area contributed by atoms with Gasteiger partial charge < -0.3 is 15.8 Å². The predicted molar refractivity (Wildman–Crippen MR) is 84.2 cm³/mol. The minimum Gasteiger partial charge on any atom is -0.496 e. The molecule has 106 valence electrons. The molecule has 0 aliphatic rings. The van der Waals surface area contributed by atoms with Crippen LogP contribution in [0.2, 0.25) is 0 Å². The molecule has 2 aromatic carbocycles. The number of benzene rings is 2. The van der Waals surface area contributed by atoms with E-state index in [-0.39, 0.29) is 5.91 Å². The molecular formula is C15H12BrN3O2. The summed E-state index contributed by atoms with van der Waals surface area (Å²) in [5.41, 5.74) is 7.52. The first-order chi connectivity index (χ1) is 10.0. The molecule has 0 aliphatic carbocycles. The first-order valence-electron chi connectivity index (χ1n) is 5.99. The number of nitrogens with two attached hydrogens (primary N) is 1. The van der Waals surface area contributed by atoms with Gasteiger partial charge in [-0.2, -0.15) is 5.26 Å². The van der Waals surface area contributed by atoms with Crippen molar-refractivity contribution >= 4 is 33.2 Å². The number of halogens is 1. The third-order valence-electron chi connectivity index (χ3n) is 2.84. The van der Waals surface area contributed by atoms with Crippen LogP contribution in [0.25, 0.3) is 0 Å². The summed E-state index contributed by atoms with van der Waals surface area (Å²) in [5, 5.41) is 11.5. The van der Waals surface area contributed by atoms with Crippen molar-refractivity contribution < 1.29 is 9.53 Å². The molecule has 0 unspecified atom stereocenters. The normalized spacial score (nSPS) is 9.76. The summed E-state index contributed by atoms with van der Waals surface area (Å²) < 4.78 is 5.80. The van der Waals surface area contributed by atoms with Crippen LogP contribution >= 0.6 is 15.9 Å². The van der Waals surface area contributed by atoms with E-state index >= 15 is 0 Å². The van der Waals surface area contributed by atoms with Crippen molar-refractivity contribution in [3.8, 4) is 11.8 Å². The fourth-order valence-electron chi connectivity index (χ4n) is 1.75. The summed E-state index contributed by atoms with van der Waals surface area (Å²) in [6, 6.07) is 11.7. The Morgan fingerprint density at radius 3 is 2.67 bits per heavy atom. The van der Waals surface area contributed by atoms with E-state index in [1.807, 2.05) is 6.07 Å². The fraction of sp³-hybridized carbons (Fsp3) is 0.0667. The lowest BCUT2D eigenvalue weighted by Gasteiger charge is -2.09. The van der Waals surface area contributed by atoms with Crippen LogP contribution in [-0.4, -0.2) is 13.0 Å². The molecule has 6 heteroatoms. The number of nitrogens with one attached hydrogen (secondary N) is 1. The molecule has 0 atom stereocenters. The highest BCUT2D eigenvalue weighted by atomic mass is 79.9. The molecule has 0 heterocycles. The molecule has 0 aromatic heterocycles. The molecule has 0 aliphatic heterocycles. The number of ether oxygens (including phenoxy) is 1. The first-order valence-corrected chi connectivity index (χ1v) is 6.79. The van der Waals surface area contributed by atoms with Crippen molar-refractivity contribution in [2.24, 2.45) is 0 Å². The van der Waals surface area contributed by atoms with Gasteiger partial charge in [-0.1, -0.05) is 0 Å². The number of rotatable bonds is 3. The SMILES string of the molecule is COc1ccc(C(=O)Nc2ccc(C#N)cc2N)cc1Br. The lowest BCUT2D eigenvalue weighted by atomic mass is 10.1. The number of amides is 1. The predicted octanol–water partition coefficient (Wildman–Crippen LogP) is 3.16. The molecule has 0 spiro atoms. The Balaban J connectivity index is 2.22. The lowest BCUT2D eigenvalue weighted by Crippen LogP contribution is -2.13. The molecule has 0 fully saturated rings. The Hall–Kier alpha value is -2.52. The summed E-state index contributed by atoms with van der Waals surface area (Å²) in [7, 11) is 1.55. The van der Waals surface area contributed by atoms with Gasteiger partial charge in [0.1, 0.15) is 5.75 Å². The average molecular weight is 346 g/mol. The van der Waals surface area contributed by atoms with Gasteiger partial charge in [-0.05, 0) is 52.3 Å². The number of nitrogens with zero attached hydrogens (tertiary/aromatic N) is 1. The number of hydrogen-bond donors (Lipinski definition) is 2. The highest BCUT2D eigenvalue weighted by molar-refractivity contribution is 9.10. The van der Waals surface area contributed by atoms with E-state index in [1.54, 1.807) is 37.4 Å². The van der Waals surface area contributed by atoms with E-state index < -0.39 is 0 Å². The molecule has 1 amide bonds. The van der Waals surface area contributed by atoms with E-state index in [2.05, 4.69) is 21.2 Å². The van der Waals surface area contributed by atoms with Gasteiger partial charge in [0.05, 0.1) is 34.6 Å². The standard InChI is InChI=1S/C15H12BrN3O2/c1-21-14-5-3-10(7-11(14)16)15(20)19-13-4-2-9(8-17)6-12(13)18/h2-7H,18H2,1H3,(H,19,20). The number of nitrogen functional groups attached to an aromatic ring is 1. The van der Waals surface area contributed by atoms with Gasteiger partial charge in [-0.15, -0.1) is 0 Å². The Bertz CT molecular complexity index is 738. The lowest BCUT2D eigenvalue weighted by molar-refractivity contribution is 0.102. The molecule has 3 N–H and O–H groups in total.